The van der Waals surface area contributed by atoms with Crippen molar-refractivity contribution in [2.75, 3.05) is 49.2 Å². The van der Waals surface area contributed by atoms with Gasteiger partial charge in [0.1, 0.15) is 22.8 Å². The van der Waals surface area contributed by atoms with Crippen molar-refractivity contribution < 1.29 is 14.9 Å². The lowest BCUT2D eigenvalue weighted by Gasteiger charge is -2.29. The van der Waals surface area contributed by atoms with Crippen LogP contribution < -0.4 is 9.80 Å². The van der Waals surface area contributed by atoms with Crippen molar-refractivity contribution in [3.05, 3.63) is 17.5 Å². The molecule has 2 N–H and O–H groups in total. The molecule has 1 saturated heterocycles. The second kappa shape index (κ2) is 8.46. The molecule has 0 bridgehead atoms. The first-order valence-electron chi connectivity index (χ1n) is 11.1. The summed E-state index contributed by atoms with van der Waals surface area (Å²) in [7, 11) is 0. The van der Waals surface area contributed by atoms with Crippen LogP contribution in [0.5, 0.6) is 0 Å². The van der Waals surface area contributed by atoms with Crippen LogP contribution in [0.15, 0.2) is 6.33 Å². The van der Waals surface area contributed by atoms with E-state index in [0.29, 0.717) is 13.1 Å². The fourth-order valence-corrected chi connectivity index (χ4v) is 5.99. The van der Waals surface area contributed by atoms with Gasteiger partial charge in [-0.2, -0.15) is 0 Å². The number of pyridine rings is 1. The minimum absolute atomic E-state index is 0.399. The zero-order chi connectivity index (χ0) is 21.5. The molecule has 1 aliphatic carbocycles. The van der Waals surface area contributed by atoms with Gasteiger partial charge in [0.2, 0.25) is 0 Å². The number of aliphatic hydroxyl groups excluding tert-OH is 2. The Morgan fingerprint density at radius 1 is 1.10 bits per heavy atom. The number of aromatic nitrogens is 3. The number of anilines is 2. The van der Waals surface area contributed by atoms with E-state index in [0.717, 1.165) is 77.6 Å². The van der Waals surface area contributed by atoms with Crippen molar-refractivity contribution >= 4 is 43.4 Å². The van der Waals surface area contributed by atoms with Crippen LogP contribution in [0.1, 0.15) is 31.4 Å². The average Bonchev–Trinajstić information content (AvgIpc) is 3.36. The number of fused-ring (bicyclic) bond motifs is 5. The van der Waals surface area contributed by atoms with Crippen molar-refractivity contribution in [2.45, 2.75) is 45.3 Å². The molecule has 0 saturated carbocycles. The Balaban J connectivity index is 1.68. The normalized spacial score (nSPS) is 18.5. The molecule has 2 aliphatic rings. The number of nitrogens with zero attached hydrogens (tertiary/aromatic N) is 5. The van der Waals surface area contributed by atoms with Gasteiger partial charge in [-0.25, -0.2) is 15.0 Å². The fraction of sp³-hybridized carbons (Fsp3) is 0.591. The Morgan fingerprint density at radius 3 is 2.52 bits per heavy atom. The van der Waals surface area contributed by atoms with Gasteiger partial charge in [-0.3, -0.25) is 0 Å². The molecule has 0 radical (unpaired) electrons. The minimum atomic E-state index is -0.534. The predicted molar refractivity (Wildman–Crippen MR) is 123 cm³/mol. The van der Waals surface area contributed by atoms with Crippen LogP contribution in [0.2, 0.25) is 0 Å². The van der Waals surface area contributed by atoms with Crippen molar-refractivity contribution in [2.24, 2.45) is 0 Å². The number of aryl methyl sites for hydroxylation is 1. The maximum atomic E-state index is 10.0. The smallest absolute Gasteiger partial charge is 0.150 e. The molecule has 31 heavy (non-hydrogen) atoms. The van der Waals surface area contributed by atoms with Gasteiger partial charge in [-0.15, -0.1) is 11.3 Å². The molecule has 2 atom stereocenters. The maximum absolute atomic E-state index is 10.0. The topological polar surface area (TPSA) is 94.8 Å². The summed E-state index contributed by atoms with van der Waals surface area (Å²) < 4.78 is 6.52. The molecule has 4 heterocycles. The third-order valence-electron chi connectivity index (χ3n) is 6.01. The molecule has 3 aromatic rings. The summed E-state index contributed by atoms with van der Waals surface area (Å²) in [6, 6.07) is 0. The first kappa shape index (κ1) is 20.8. The van der Waals surface area contributed by atoms with Crippen LogP contribution in [-0.4, -0.2) is 76.8 Å². The van der Waals surface area contributed by atoms with Gasteiger partial charge in [0.25, 0.3) is 0 Å². The van der Waals surface area contributed by atoms with Gasteiger partial charge in [0.05, 0.1) is 35.6 Å². The molecule has 1 fully saturated rings. The van der Waals surface area contributed by atoms with Gasteiger partial charge < -0.3 is 24.7 Å². The first-order chi connectivity index (χ1) is 15.0. The van der Waals surface area contributed by atoms with E-state index in [2.05, 4.69) is 14.9 Å². The van der Waals surface area contributed by atoms with Gasteiger partial charge in [-0.1, -0.05) is 0 Å². The van der Waals surface area contributed by atoms with Crippen LogP contribution in [-0.2, 0) is 17.6 Å². The summed E-state index contributed by atoms with van der Waals surface area (Å²) in [6.07, 6.45) is 3.76. The third-order valence-corrected chi connectivity index (χ3v) is 7.08. The summed E-state index contributed by atoms with van der Waals surface area (Å²) >= 11 is 1.62. The molecular formula is C22H29N5O3S. The van der Waals surface area contributed by atoms with Crippen molar-refractivity contribution in [1.82, 2.24) is 15.0 Å². The molecule has 9 heteroatoms. The molecule has 0 amide bonds. The van der Waals surface area contributed by atoms with Crippen molar-refractivity contribution in [1.29, 1.82) is 0 Å². The number of hydrogen-bond acceptors (Lipinski definition) is 9. The van der Waals surface area contributed by atoms with Crippen LogP contribution in [0, 0.1) is 0 Å². The van der Waals surface area contributed by atoms with Crippen LogP contribution in [0.25, 0.3) is 20.4 Å². The average molecular weight is 444 g/mol. The van der Waals surface area contributed by atoms with E-state index in [9.17, 15) is 10.2 Å². The highest BCUT2D eigenvalue weighted by Crippen LogP contribution is 2.43. The highest BCUT2D eigenvalue weighted by Gasteiger charge is 2.28. The standard InChI is InChI=1S/C22H29N5O3S/c1-13(28)10-27(11-14(2)29)21-19-18(23-12-24-21)17-15-4-3-5-16(15)20(25-22(17)31-19)26-6-8-30-9-7-26/h12-14,28-29H,3-11H2,1-2H3/t13-,14+. The fourth-order valence-electron chi connectivity index (χ4n) is 4.81. The summed E-state index contributed by atoms with van der Waals surface area (Å²) in [5.41, 5.74) is 3.67. The summed E-state index contributed by atoms with van der Waals surface area (Å²) in [4.78, 5) is 19.7. The zero-order valence-corrected chi connectivity index (χ0v) is 18.9. The molecule has 1 aliphatic heterocycles. The predicted octanol–water partition coefficient (Wildman–Crippen LogP) is 2.13. The number of morpholine rings is 1. The maximum Gasteiger partial charge on any atom is 0.150 e. The molecule has 0 spiro atoms. The highest BCUT2D eigenvalue weighted by atomic mass is 32.1. The van der Waals surface area contributed by atoms with Crippen LogP contribution >= 0.6 is 11.3 Å². The Labute approximate surface area is 185 Å². The molecule has 0 unspecified atom stereocenters. The third kappa shape index (κ3) is 3.84. The summed E-state index contributed by atoms with van der Waals surface area (Å²) in [5, 5.41) is 21.2. The second-order valence-corrected chi connectivity index (χ2v) is 9.60. The quantitative estimate of drug-likeness (QED) is 0.598. The van der Waals surface area contributed by atoms with Gasteiger partial charge in [0, 0.05) is 31.6 Å². The molecular weight excluding hydrogens is 414 g/mol. The van der Waals surface area contributed by atoms with E-state index < -0.39 is 12.2 Å². The lowest BCUT2D eigenvalue weighted by molar-refractivity contribution is 0.122. The van der Waals surface area contributed by atoms with Crippen LogP contribution in [0.3, 0.4) is 0 Å². The van der Waals surface area contributed by atoms with E-state index in [1.165, 1.54) is 11.1 Å². The minimum Gasteiger partial charge on any atom is -0.392 e. The number of thiophene rings is 1. The monoisotopic (exact) mass is 443 g/mol. The highest BCUT2D eigenvalue weighted by molar-refractivity contribution is 7.26. The summed E-state index contributed by atoms with van der Waals surface area (Å²) in [5.74, 6) is 1.86. The second-order valence-electron chi connectivity index (χ2n) is 8.61. The van der Waals surface area contributed by atoms with Gasteiger partial charge in [-0.05, 0) is 44.2 Å². The number of rotatable bonds is 6. The lowest BCUT2D eigenvalue weighted by atomic mass is 10.1. The number of ether oxygens (including phenoxy) is 1. The first-order valence-corrected chi connectivity index (χ1v) is 11.9. The summed E-state index contributed by atoms with van der Waals surface area (Å²) in [6.45, 7) is 7.53. The van der Waals surface area contributed by atoms with Crippen molar-refractivity contribution in [3.63, 3.8) is 0 Å². The SMILES string of the molecule is C[C@H](O)CN(C[C@@H](C)O)c1ncnc2c1sc1nc(N3CCOCC3)c3c(c12)CCC3. The Kier molecular flexibility index (Phi) is 5.68. The number of hydrogen-bond donors (Lipinski definition) is 2. The Morgan fingerprint density at radius 2 is 1.81 bits per heavy atom. The largest absolute Gasteiger partial charge is 0.392 e. The molecule has 3 aromatic heterocycles. The van der Waals surface area contributed by atoms with E-state index in [4.69, 9.17) is 9.72 Å². The number of aliphatic hydroxyl groups is 2. The van der Waals surface area contributed by atoms with Crippen LogP contribution in [0.4, 0.5) is 11.6 Å². The van der Waals surface area contributed by atoms with Gasteiger partial charge in [0.15, 0.2) is 0 Å². The van der Waals surface area contributed by atoms with E-state index in [1.807, 2.05) is 4.90 Å². The zero-order valence-electron chi connectivity index (χ0n) is 18.0. The lowest BCUT2D eigenvalue weighted by Crippen LogP contribution is -2.37. The van der Waals surface area contributed by atoms with E-state index in [-0.39, 0.29) is 0 Å². The molecule has 8 nitrogen and oxygen atoms in total. The Hall–Kier alpha value is -2.07. The van der Waals surface area contributed by atoms with Crippen molar-refractivity contribution in [3.8, 4) is 0 Å². The molecule has 166 valence electrons. The Bertz CT molecular complexity index is 1080. The molecule has 0 aromatic carbocycles. The van der Waals surface area contributed by atoms with Gasteiger partial charge >= 0.3 is 0 Å². The van der Waals surface area contributed by atoms with E-state index in [1.54, 1.807) is 31.5 Å². The molecule has 5 rings (SSSR count). The van der Waals surface area contributed by atoms with E-state index >= 15 is 0 Å².